The van der Waals surface area contributed by atoms with Gasteiger partial charge in [0.15, 0.2) is 17.2 Å². The molecule has 1 heterocycles. The van der Waals surface area contributed by atoms with Crippen molar-refractivity contribution in [2.45, 2.75) is 37.8 Å². The van der Waals surface area contributed by atoms with Gasteiger partial charge in [0.2, 0.25) is 0 Å². The van der Waals surface area contributed by atoms with Crippen LogP contribution < -0.4 is 10.1 Å². The van der Waals surface area contributed by atoms with E-state index in [1.165, 1.54) is 50.6 Å². The van der Waals surface area contributed by atoms with E-state index < -0.39 is 41.5 Å². The second kappa shape index (κ2) is 10.1. The summed E-state index contributed by atoms with van der Waals surface area (Å²) in [5, 5.41) is 12.6. The molecule has 0 bridgehead atoms. The normalized spacial score (nSPS) is 17.7. The van der Waals surface area contributed by atoms with Crippen LogP contribution >= 0.6 is 0 Å². The maximum atomic E-state index is 13.8. The molecule has 0 saturated carbocycles. The van der Waals surface area contributed by atoms with Crippen LogP contribution in [0.5, 0.6) is 11.5 Å². The fraction of sp³-hybridized carbons (Fsp3) is 0.269. The smallest absolute Gasteiger partial charge is 0.328 e. The minimum Gasteiger partial charge on any atom is -0.503 e. The highest BCUT2D eigenvalue weighted by Crippen LogP contribution is 2.39. The first-order chi connectivity index (χ1) is 16.8. The second-order valence-electron chi connectivity index (χ2n) is 8.29. The molecule has 3 aromatic rings. The van der Waals surface area contributed by atoms with Crippen molar-refractivity contribution in [1.29, 1.82) is 0 Å². The van der Waals surface area contributed by atoms with Crippen LogP contribution in [0.3, 0.4) is 0 Å². The first-order valence-electron chi connectivity index (χ1n) is 11.1. The van der Waals surface area contributed by atoms with Crippen molar-refractivity contribution in [3.63, 3.8) is 0 Å². The molecule has 0 radical (unpaired) electrons. The van der Waals surface area contributed by atoms with Crippen molar-refractivity contribution in [1.82, 2.24) is 10.3 Å². The van der Waals surface area contributed by atoms with Crippen molar-refractivity contribution in [2.75, 3.05) is 7.11 Å². The van der Waals surface area contributed by atoms with Gasteiger partial charge in [0.25, 0.3) is 5.91 Å². The summed E-state index contributed by atoms with van der Waals surface area (Å²) in [5.41, 5.74) is 2.03. The lowest BCUT2D eigenvalue weighted by Crippen LogP contribution is -2.42. The maximum absolute atomic E-state index is 13.8. The molecule has 2 N–H and O–H groups in total. The molecule has 182 valence electrons. The molecule has 35 heavy (non-hydrogen) atoms. The number of nitrogens with one attached hydrogen (secondary N) is 1. The van der Waals surface area contributed by atoms with Crippen molar-refractivity contribution < 1.29 is 33.0 Å². The van der Waals surface area contributed by atoms with Gasteiger partial charge in [-0.3, -0.25) is 4.79 Å². The highest BCUT2D eigenvalue weighted by Gasteiger charge is 2.35. The molecule has 2 unspecified atom stereocenters. The third-order valence-electron chi connectivity index (χ3n) is 6.03. The van der Waals surface area contributed by atoms with Gasteiger partial charge >= 0.3 is 5.97 Å². The number of carbonyl (C=O) groups is 2. The monoisotopic (exact) mass is 482 g/mol. The SMILES string of the molecule is COc1ccnc(C(=O)N[C@@H](C)C(=O)OC2CCc3cc(F)ccc3C2c2ccc(F)cc2)c1O. The second-order valence-corrected chi connectivity index (χ2v) is 8.29. The highest BCUT2D eigenvalue weighted by atomic mass is 19.1. The summed E-state index contributed by atoms with van der Waals surface area (Å²) in [6, 6.07) is 10.7. The van der Waals surface area contributed by atoms with Crippen LogP contribution in [0.15, 0.2) is 54.7 Å². The molecule has 0 spiro atoms. The van der Waals surface area contributed by atoms with Gasteiger partial charge < -0.3 is 19.9 Å². The third-order valence-corrected chi connectivity index (χ3v) is 6.03. The molecular weight excluding hydrogens is 458 g/mol. The lowest BCUT2D eigenvalue weighted by Gasteiger charge is -2.34. The molecule has 1 aliphatic carbocycles. The summed E-state index contributed by atoms with van der Waals surface area (Å²) in [6.45, 7) is 1.45. The summed E-state index contributed by atoms with van der Waals surface area (Å²) in [4.78, 5) is 29.4. The zero-order valence-corrected chi connectivity index (χ0v) is 19.1. The third kappa shape index (κ3) is 5.08. The van der Waals surface area contributed by atoms with Crippen LogP contribution in [0.1, 0.15) is 46.4 Å². The molecule has 9 heteroatoms. The summed E-state index contributed by atoms with van der Waals surface area (Å²) >= 11 is 0. The molecule has 0 saturated heterocycles. The van der Waals surface area contributed by atoms with Gasteiger partial charge in [-0.15, -0.1) is 0 Å². The molecule has 1 aliphatic rings. The van der Waals surface area contributed by atoms with Gasteiger partial charge in [0.05, 0.1) is 7.11 Å². The number of aromatic hydroxyl groups is 1. The molecule has 2 aromatic carbocycles. The maximum Gasteiger partial charge on any atom is 0.328 e. The fourth-order valence-electron chi connectivity index (χ4n) is 4.29. The minimum atomic E-state index is -1.06. The van der Waals surface area contributed by atoms with E-state index in [1.807, 2.05) is 0 Å². The lowest BCUT2D eigenvalue weighted by atomic mass is 9.77. The summed E-state index contributed by atoms with van der Waals surface area (Å²) in [5.74, 6) is -3.03. The number of nitrogens with zero attached hydrogens (tertiary/aromatic N) is 1. The molecule has 0 aliphatic heterocycles. The van der Waals surface area contributed by atoms with E-state index in [1.54, 1.807) is 18.2 Å². The average Bonchev–Trinajstić information content (AvgIpc) is 2.84. The molecule has 4 rings (SSSR count). The Hall–Kier alpha value is -4.01. The zero-order chi connectivity index (χ0) is 25.1. The lowest BCUT2D eigenvalue weighted by molar-refractivity contribution is -0.152. The van der Waals surface area contributed by atoms with Crippen LogP contribution in [0.25, 0.3) is 0 Å². The Labute approximate surface area is 200 Å². The number of methoxy groups -OCH3 is 1. The average molecular weight is 482 g/mol. The Morgan fingerprint density at radius 1 is 1.11 bits per heavy atom. The van der Waals surface area contributed by atoms with Gasteiger partial charge in [-0.1, -0.05) is 18.2 Å². The van der Waals surface area contributed by atoms with E-state index in [0.717, 1.165) is 16.7 Å². The number of pyridine rings is 1. The summed E-state index contributed by atoms with van der Waals surface area (Å²) in [7, 11) is 1.34. The summed E-state index contributed by atoms with van der Waals surface area (Å²) in [6.07, 6.45) is 1.59. The number of hydrogen-bond acceptors (Lipinski definition) is 6. The standard InChI is InChI=1S/C26H24F2N2O5/c1-14(30-25(32)23-24(31)21(34-2)11-12-29-23)26(33)35-20-10-5-16-13-18(28)8-9-19(16)22(20)15-3-6-17(27)7-4-15/h3-4,6-9,11-14,20,22,31H,5,10H2,1-2H3,(H,30,32)/t14-,20?,22?/m0/s1. The number of esters is 1. The minimum absolute atomic E-state index is 0.0693. The predicted molar refractivity (Wildman–Crippen MR) is 122 cm³/mol. The number of benzene rings is 2. The quantitative estimate of drug-likeness (QED) is 0.518. The van der Waals surface area contributed by atoms with Crippen molar-refractivity contribution in [3.05, 3.63) is 88.7 Å². The number of carbonyl (C=O) groups excluding carboxylic acids is 2. The van der Waals surface area contributed by atoms with Crippen LogP contribution in [-0.2, 0) is 16.0 Å². The Balaban J connectivity index is 1.53. The van der Waals surface area contributed by atoms with E-state index in [0.29, 0.717) is 12.8 Å². The molecule has 7 nitrogen and oxygen atoms in total. The number of aryl methyl sites for hydroxylation is 1. The van der Waals surface area contributed by atoms with Gasteiger partial charge in [-0.25, -0.2) is 18.6 Å². The first-order valence-corrected chi connectivity index (χ1v) is 11.1. The number of halogens is 2. The molecule has 3 atom stereocenters. The van der Waals surface area contributed by atoms with Crippen molar-refractivity contribution in [2.24, 2.45) is 0 Å². The van der Waals surface area contributed by atoms with Gasteiger partial charge in [-0.2, -0.15) is 0 Å². The number of ether oxygens (including phenoxy) is 2. The molecular formula is C26H24F2N2O5. The Morgan fingerprint density at radius 3 is 2.54 bits per heavy atom. The zero-order valence-electron chi connectivity index (χ0n) is 19.1. The summed E-state index contributed by atoms with van der Waals surface area (Å²) < 4.78 is 38.1. The van der Waals surface area contributed by atoms with E-state index in [4.69, 9.17) is 9.47 Å². The number of aromatic nitrogens is 1. The van der Waals surface area contributed by atoms with E-state index in [-0.39, 0.29) is 17.3 Å². The van der Waals surface area contributed by atoms with E-state index in [9.17, 15) is 23.5 Å². The predicted octanol–water partition coefficient (Wildman–Crippen LogP) is 3.88. The van der Waals surface area contributed by atoms with Gasteiger partial charge in [0, 0.05) is 18.2 Å². The number of hydrogen-bond donors (Lipinski definition) is 2. The largest absolute Gasteiger partial charge is 0.503 e. The highest BCUT2D eigenvalue weighted by molar-refractivity contribution is 5.97. The van der Waals surface area contributed by atoms with Crippen LogP contribution in [0, 0.1) is 11.6 Å². The van der Waals surface area contributed by atoms with Crippen LogP contribution in [0.2, 0.25) is 0 Å². The fourth-order valence-corrected chi connectivity index (χ4v) is 4.29. The molecule has 1 amide bonds. The first kappa shape index (κ1) is 24.1. The van der Waals surface area contributed by atoms with Crippen molar-refractivity contribution in [3.8, 4) is 11.5 Å². The Bertz CT molecular complexity index is 1250. The van der Waals surface area contributed by atoms with Gasteiger partial charge in [0.1, 0.15) is 23.8 Å². The molecule has 1 aromatic heterocycles. The van der Waals surface area contributed by atoms with Crippen LogP contribution in [-0.4, -0.2) is 41.2 Å². The Morgan fingerprint density at radius 2 is 1.83 bits per heavy atom. The number of amides is 1. The molecule has 0 fully saturated rings. The Kier molecular flexibility index (Phi) is 6.95. The van der Waals surface area contributed by atoms with Gasteiger partial charge in [-0.05, 0) is 60.7 Å². The van der Waals surface area contributed by atoms with Crippen molar-refractivity contribution >= 4 is 11.9 Å². The van der Waals surface area contributed by atoms with Crippen LogP contribution in [0.4, 0.5) is 8.78 Å². The number of fused-ring (bicyclic) bond motifs is 1. The van der Waals surface area contributed by atoms with E-state index in [2.05, 4.69) is 10.3 Å². The van der Waals surface area contributed by atoms with E-state index >= 15 is 0 Å². The topological polar surface area (TPSA) is 97.8 Å². The number of rotatable bonds is 6.